The zero-order valence-corrected chi connectivity index (χ0v) is 15.3. The average Bonchev–Trinajstić information content (AvgIpc) is 3.32. The predicted octanol–water partition coefficient (Wildman–Crippen LogP) is 3.41. The first-order valence-electron chi connectivity index (χ1n) is 8.29. The molecule has 1 unspecified atom stereocenters. The van der Waals surface area contributed by atoms with E-state index in [-0.39, 0.29) is 12.3 Å². The van der Waals surface area contributed by atoms with Gasteiger partial charge in [0.05, 0.1) is 14.2 Å². The SMILES string of the molecule is COC(=O)C1(C(=O)OC)CC2C(=C1c1cccs1)COc1ccccc12. The van der Waals surface area contributed by atoms with Crippen molar-refractivity contribution in [3.8, 4) is 5.75 Å². The van der Waals surface area contributed by atoms with Gasteiger partial charge >= 0.3 is 11.9 Å². The Balaban J connectivity index is 1.98. The molecular formula is C20H18O5S. The third-order valence-electron chi connectivity index (χ3n) is 5.19. The van der Waals surface area contributed by atoms with E-state index in [2.05, 4.69) is 0 Å². The molecule has 2 aromatic rings. The van der Waals surface area contributed by atoms with Crippen LogP contribution in [0.25, 0.3) is 5.57 Å². The maximum atomic E-state index is 12.9. The molecular weight excluding hydrogens is 352 g/mol. The van der Waals surface area contributed by atoms with E-state index in [4.69, 9.17) is 14.2 Å². The molecule has 6 heteroatoms. The Labute approximate surface area is 155 Å². The molecule has 1 aromatic carbocycles. The van der Waals surface area contributed by atoms with E-state index in [9.17, 15) is 9.59 Å². The predicted molar refractivity (Wildman–Crippen MR) is 97.0 cm³/mol. The average molecular weight is 370 g/mol. The number of methoxy groups -OCH3 is 2. The van der Waals surface area contributed by atoms with Gasteiger partial charge in [-0.1, -0.05) is 24.3 Å². The van der Waals surface area contributed by atoms with Gasteiger partial charge in [0.2, 0.25) is 0 Å². The highest BCUT2D eigenvalue weighted by Crippen LogP contribution is 2.59. The summed E-state index contributed by atoms with van der Waals surface area (Å²) in [7, 11) is 2.60. The molecule has 1 aromatic heterocycles. The van der Waals surface area contributed by atoms with E-state index >= 15 is 0 Å². The van der Waals surface area contributed by atoms with Crippen LogP contribution in [-0.4, -0.2) is 32.8 Å². The van der Waals surface area contributed by atoms with Crippen molar-refractivity contribution in [2.24, 2.45) is 5.41 Å². The first kappa shape index (κ1) is 16.8. The maximum Gasteiger partial charge on any atom is 0.327 e. The standard InChI is InChI=1S/C20H18O5S/c1-23-18(21)20(19(22)24-2)10-13-12-6-3-4-7-15(12)25-11-14(13)17(20)16-8-5-9-26-16/h3-9,13H,10-11H2,1-2H3. The second kappa shape index (κ2) is 6.29. The fraction of sp³-hybridized carbons (Fsp3) is 0.300. The highest BCUT2D eigenvalue weighted by atomic mass is 32.1. The van der Waals surface area contributed by atoms with Crippen LogP contribution in [0, 0.1) is 5.41 Å². The molecule has 0 spiro atoms. The Morgan fingerprint density at radius 3 is 2.50 bits per heavy atom. The lowest BCUT2D eigenvalue weighted by Crippen LogP contribution is -2.40. The lowest BCUT2D eigenvalue weighted by Gasteiger charge is -2.27. The van der Waals surface area contributed by atoms with Crippen LogP contribution in [0.15, 0.2) is 47.4 Å². The molecule has 0 fully saturated rings. The van der Waals surface area contributed by atoms with Gasteiger partial charge in [0.25, 0.3) is 0 Å². The molecule has 2 aliphatic rings. The third kappa shape index (κ3) is 2.22. The number of esters is 2. The Bertz CT molecular complexity index is 881. The van der Waals surface area contributed by atoms with Gasteiger partial charge in [-0.3, -0.25) is 9.59 Å². The fourth-order valence-corrected chi connectivity index (χ4v) is 4.98. The summed E-state index contributed by atoms with van der Waals surface area (Å²) in [6, 6.07) is 11.6. The number of thiophene rings is 1. The Morgan fingerprint density at radius 2 is 1.85 bits per heavy atom. The van der Waals surface area contributed by atoms with Gasteiger partial charge in [-0.05, 0) is 29.5 Å². The second-order valence-electron chi connectivity index (χ2n) is 6.35. The van der Waals surface area contributed by atoms with Gasteiger partial charge in [-0.2, -0.15) is 0 Å². The topological polar surface area (TPSA) is 61.8 Å². The molecule has 1 aliphatic heterocycles. The molecule has 0 saturated carbocycles. The number of carbonyl (C=O) groups is 2. The van der Waals surface area contributed by atoms with Gasteiger partial charge in [0.15, 0.2) is 5.41 Å². The second-order valence-corrected chi connectivity index (χ2v) is 7.30. The van der Waals surface area contributed by atoms with Gasteiger partial charge in [0.1, 0.15) is 12.4 Å². The number of hydrogen-bond donors (Lipinski definition) is 0. The van der Waals surface area contributed by atoms with Crippen molar-refractivity contribution < 1.29 is 23.8 Å². The zero-order valence-electron chi connectivity index (χ0n) is 14.5. The van der Waals surface area contributed by atoms with Gasteiger partial charge in [-0.25, -0.2) is 0 Å². The van der Waals surface area contributed by atoms with Crippen LogP contribution in [0.2, 0.25) is 0 Å². The number of ether oxygens (including phenoxy) is 3. The van der Waals surface area contributed by atoms with E-state index in [1.807, 2.05) is 41.8 Å². The highest BCUT2D eigenvalue weighted by Gasteiger charge is 2.60. The summed E-state index contributed by atoms with van der Waals surface area (Å²) in [5.74, 6) is -0.480. The molecule has 26 heavy (non-hydrogen) atoms. The third-order valence-corrected chi connectivity index (χ3v) is 6.08. The lowest BCUT2D eigenvalue weighted by atomic mass is 9.78. The molecule has 0 bridgehead atoms. The molecule has 2 heterocycles. The van der Waals surface area contributed by atoms with E-state index < -0.39 is 17.4 Å². The summed E-state index contributed by atoms with van der Waals surface area (Å²) in [5.41, 5.74) is 1.12. The minimum Gasteiger partial charge on any atom is -0.489 e. The van der Waals surface area contributed by atoms with Crippen LogP contribution in [0.1, 0.15) is 22.8 Å². The van der Waals surface area contributed by atoms with Crippen molar-refractivity contribution in [2.45, 2.75) is 12.3 Å². The molecule has 0 amide bonds. The normalized spacial score (nSPS) is 20.0. The Morgan fingerprint density at radius 1 is 1.12 bits per heavy atom. The van der Waals surface area contributed by atoms with Crippen LogP contribution in [-0.2, 0) is 19.1 Å². The van der Waals surface area contributed by atoms with Crippen LogP contribution >= 0.6 is 11.3 Å². The zero-order chi connectivity index (χ0) is 18.3. The largest absolute Gasteiger partial charge is 0.489 e. The smallest absolute Gasteiger partial charge is 0.327 e. The van der Waals surface area contributed by atoms with E-state index in [0.717, 1.165) is 21.8 Å². The van der Waals surface area contributed by atoms with E-state index in [1.165, 1.54) is 25.6 Å². The minimum atomic E-state index is -1.48. The maximum absolute atomic E-state index is 12.9. The molecule has 0 N–H and O–H groups in total. The van der Waals surface area contributed by atoms with Crippen molar-refractivity contribution in [1.29, 1.82) is 0 Å². The summed E-state index contributed by atoms with van der Waals surface area (Å²) >= 11 is 1.49. The summed E-state index contributed by atoms with van der Waals surface area (Å²) in [5, 5.41) is 1.92. The Kier molecular flexibility index (Phi) is 4.07. The molecule has 5 nitrogen and oxygen atoms in total. The van der Waals surface area contributed by atoms with Crippen molar-refractivity contribution in [2.75, 3.05) is 20.8 Å². The number of fused-ring (bicyclic) bond motifs is 3. The first-order chi connectivity index (χ1) is 12.6. The van der Waals surface area contributed by atoms with Gasteiger partial charge < -0.3 is 14.2 Å². The Hall–Kier alpha value is -2.60. The van der Waals surface area contributed by atoms with Crippen molar-refractivity contribution in [3.05, 3.63) is 57.8 Å². The summed E-state index contributed by atoms with van der Waals surface area (Å²) in [6.45, 7) is 0.338. The monoisotopic (exact) mass is 370 g/mol. The van der Waals surface area contributed by atoms with Crippen molar-refractivity contribution in [3.63, 3.8) is 0 Å². The molecule has 0 radical (unpaired) electrons. The quantitative estimate of drug-likeness (QED) is 0.612. The molecule has 134 valence electrons. The lowest BCUT2D eigenvalue weighted by molar-refractivity contribution is -0.164. The highest BCUT2D eigenvalue weighted by molar-refractivity contribution is 7.11. The molecule has 4 rings (SSSR count). The summed E-state index contributed by atoms with van der Waals surface area (Å²) < 4.78 is 16.1. The van der Waals surface area contributed by atoms with Crippen LogP contribution in [0.4, 0.5) is 0 Å². The number of carbonyl (C=O) groups excluding carboxylic acids is 2. The van der Waals surface area contributed by atoms with Crippen LogP contribution < -0.4 is 4.74 Å². The summed E-state index contributed by atoms with van der Waals surface area (Å²) in [6.07, 6.45) is 0.287. The number of benzene rings is 1. The van der Waals surface area contributed by atoms with Crippen LogP contribution in [0.3, 0.4) is 0 Å². The number of para-hydroxylation sites is 1. The summed E-state index contributed by atoms with van der Waals surface area (Å²) in [4.78, 5) is 26.7. The van der Waals surface area contributed by atoms with Gasteiger partial charge in [-0.15, -0.1) is 11.3 Å². The molecule has 1 atom stereocenters. The van der Waals surface area contributed by atoms with Crippen molar-refractivity contribution >= 4 is 28.8 Å². The first-order valence-corrected chi connectivity index (χ1v) is 9.17. The molecule has 0 saturated heterocycles. The van der Waals surface area contributed by atoms with Crippen LogP contribution in [0.5, 0.6) is 5.75 Å². The number of hydrogen-bond acceptors (Lipinski definition) is 6. The van der Waals surface area contributed by atoms with E-state index in [1.54, 1.807) is 0 Å². The fourth-order valence-electron chi connectivity index (χ4n) is 4.10. The van der Waals surface area contributed by atoms with E-state index in [0.29, 0.717) is 12.2 Å². The van der Waals surface area contributed by atoms with Gasteiger partial charge in [0, 0.05) is 21.9 Å². The minimum absolute atomic E-state index is 0.0877. The number of rotatable bonds is 3. The molecule has 1 aliphatic carbocycles. The van der Waals surface area contributed by atoms with Crippen molar-refractivity contribution in [1.82, 2.24) is 0 Å².